The molecule has 2 nitrogen and oxygen atoms in total. The third-order valence-electron chi connectivity index (χ3n) is 1.91. The van der Waals surface area contributed by atoms with Crippen molar-refractivity contribution in [2.75, 3.05) is 13.2 Å². The van der Waals surface area contributed by atoms with Crippen LogP contribution < -0.4 is 4.74 Å². The summed E-state index contributed by atoms with van der Waals surface area (Å²) in [7, 11) is 0. The van der Waals surface area contributed by atoms with E-state index in [2.05, 4.69) is 22.9 Å². The first kappa shape index (κ1) is 9.03. The van der Waals surface area contributed by atoms with Crippen molar-refractivity contribution in [1.82, 2.24) is 0 Å². The Hall–Kier alpha value is -0.540. The molecule has 1 saturated heterocycles. The van der Waals surface area contributed by atoms with Gasteiger partial charge in [-0.1, -0.05) is 6.07 Å². The minimum atomic E-state index is 0.313. The quantitative estimate of drug-likeness (QED) is 0.761. The highest BCUT2D eigenvalue weighted by molar-refractivity contribution is 9.10. The summed E-state index contributed by atoms with van der Waals surface area (Å²) in [5.74, 6) is 0.890. The van der Waals surface area contributed by atoms with Crippen LogP contribution in [0.25, 0.3) is 0 Å². The van der Waals surface area contributed by atoms with Crippen LogP contribution in [0.5, 0.6) is 5.75 Å². The summed E-state index contributed by atoms with van der Waals surface area (Å²) >= 11 is 3.45. The molecule has 0 amide bonds. The van der Waals surface area contributed by atoms with E-state index < -0.39 is 0 Å². The van der Waals surface area contributed by atoms with E-state index in [1.807, 2.05) is 18.2 Å². The second-order valence-corrected chi connectivity index (χ2v) is 4.05. The maximum atomic E-state index is 5.54. The lowest BCUT2D eigenvalue weighted by molar-refractivity contribution is 0.262. The van der Waals surface area contributed by atoms with Gasteiger partial charge in [-0.05, 0) is 40.5 Å². The normalized spacial score (nSPS) is 20.0. The second-order valence-electron chi connectivity index (χ2n) is 3.20. The molecular formula is C10H11BrO2. The van der Waals surface area contributed by atoms with Crippen molar-refractivity contribution in [3.05, 3.63) is 28.2 Å². The number of halogens is 1. The van der Waals surface area contributed by atoms with E-state index in [4.69, 9.17) is 9.47 Å². The molecule has 1 aliphatic heterocycles. The van der Waals surface area contributed by atoms with Crippen LogP contribution in [0.4, 0.5) is 0 Å². The standard InChI is InChI=1S/C10H11BrO2/c1-7-2-3-10(9(11)4-7)13-6-8-5-12-8/h2-4,8H,5-6H2,1H3/t8-/m0/s1. The van der Waals surface area contributed by atoms with E-state index >= 15 is 0 Å². The van der Waals surface area contributed by atoms with Crippen LogP contribution in [0.1, 0.15) is 5.56 Å². The van der Waals surface area contributed by atoms with Gasteiger partial charge in [-0.3, -0.25) is 0 Å². The Morgan fingerprint density at radius 3 is 3.00 bits per heavy atom. The van der Waals surface area contributed by atoms with E-state index in [1.165, 1.54) is 5.56 Å². The highest BCUT2D eigenvalue weighted by atomic mass is 79.9. The molecule has 1 fully saturated rings. The number of ether oxygens (including phenoxy) is 2. The van der Waals surface area contributed by atoms with Gasteiger partial charge in [0.15, 0.2) is 0 Å². The molecule has 0 bridgehead atoms. The summed E-state index contributed by atoms with van der Waals surface area (Å²) in [6.45, 7) is 3.55. The van der Waals surface area contributed by atoms with Crippen molar-refractivity contribution >= 4 is 15.9 Å². The van der Waals surface area contributed by atoms with Crippen molar-refractivity contribution in [2.45, 2.75) is 13.0 Å². The highest BCUT2D eigenvalue weighted by Crippen LogP contribution is 2.26. The Morgan fingerprint density at radius 1 is 1.62 bits per heavy atom. The Morgan fingerprint density at radius 2 is 2.38 bits per heavy atom. The van der Waals surface area contributed by atoms with Gasteiger partial charge in [0.1, 0.15) is 18.5 Å². The third-order valence-corrected chi connectivity index (χ3v) is 2.53. The topological polar surface area (TPSA) is 21.8 Å². The van der Waals surface area contributed by atoms with Gasteiger partial charge in [0, 0.05) is 0 Å². The Bertz CT molecular complexity index is 308. The van der Waals surface area contributed by atoms with E-state index in [1.54, 1.807) is 0 Å². The number of aryl methyl sites for hydroxylation is 1. The predicted octanol–water partition coefficient (Wildman–Crippen LogP) is 2.54. The molecule has 0 spiro atoms. The smallest absolute Gasteiger partial charge is 0.133 e. The minimum Gasteiger partial charge on any atom is -0.490 e. The fourth-order valence-corrected chi connectivity index (χ4v) is 1.68. The lowest BCUT2D eigenvalue weighted by Crippen LogP contribution is -2.04. The van der Waals surface area contributed by atoms with Gasteiger partial charge in [-0.2, -0.15) is 0 Å². The molecule has 1 atom stereocenters. The predicted molar refractivity (Wildman–Crippen MR) is 54.1 cm³/mol. The summed E-state index contributed by atoms with van der Waals surface area (Å²) in [5, 5.41) is 0. The fourth-order valence-electron chi connectivity index (χ4n) is 1.07. The van der Waals surface area contributed by atoms with Crippen LogP contribution in [-0.4, -0.2) is 19.3 Å². The number of rotatable bonds is 3. The zero-order chi connectivity index (χ0) is 9.26. The van der Waals surface area contributed by atoms with Gasteiger partial charge in [-0.25, -0.2) is 0 Å². The molecule has 0 saturated carbocycles. The molecule has 3 heteroatoms. The van der Waals surface area contributed by atoms with Crippen LogP contribution in [0.15, 0.2) is 22.7 Å². The van der Waals surface area contributed by atoms with Crippen LogP contribution in [0.3, 0.4) is 0 Å². The molecule has 1 aromatic rings. The zero-order valence-corrected chi connectivity index (χ0v) is 9.00. The third kappa shape index (κ3) is 2.45. The Labute approximate surface area is 86.0 Å². The molecule has 1 aromatic carbocycles. The molecule has 2 rings (SSSR count). The summed E-state index contributed by atoms with van der Waals surface area (Å²) in [4.78, 5) is 0. The first-order valence-electron chi connectivity index (χ1n) is 4.26. The van der Waals surface area contributed by atoms with Crippen LogP contribution in [-0.2, 0) is 4.74 Å². The molecular weight excluding hydrogens is 232 g/mol. The monoisotopic (exact) mass is 242 g/mol. The van der Waals surface area contributed by atoms with Crippen LogP contribution in [0.2, 0.25) is 0 Å². The molecule has 1 heterocycles. The van der Waals surface area contributed by atoms with Crippen molar-refractivity contribution in [3.63, 3.8) is 0 Å². The van der Waals surface area contributed by atoms with Gasteiger partial charge < -0.3 is 9.47 Å². The maximum Gasteiger partial charge on any atom is 0.133 e. The summed E-state index contributed by atoms with van der Waals surface area (Å²) in [6, 6.07) is 6.05. The van der Waals surface area contributed by atoms with Gasteiger partial charge in [-0.15, -0.1) is 0 Å². The van der Waals surface area contributed by atoms with Crippen LogP contribution >= 0.6 is 15.9 Å². The molecule has 1 aliphatic rings. The average Bonchev–Trinajstić information content (AvgIpc) is 2.86. The van der Waals surface area contributed by atoms with Crippen molar-refractivity contribution < 1.29 is 9.47 Å². The molecule has 0 aromatic heterocycles. The summed E-state index contributed by atoms with van der Waals surface area (Å²) in [5.41, 5.74) is 1.22. The Kier molecular flexibility index (Phi) is 2.56. The van der Waals surface area contributed by atoms with E-state index in [0.717, 1.165) is 16.8 Å². The van der Waals surface area contributed by atoms with Crippen molar-refractivity contribution in [2.24, 2.45) is 0 Å². The first-order chi connectivity index (χ1) is 6.25. The zero-order valence-electron chi connectivity index (χ0n) is 7.42. The summed E-state index contributed by atoms with van der Waals surface area (Å²) in [6.07, 6.45) is 0.313. The van der Waals surface area contributed by atoms with Crippen molar-refractivity contribution in [1.29, 1.82) is 0 Å². The highest BCUT2D eigenvalue weighted by Gasteiger charge is 2.23. The molecule has 13 heavy (non-hydrogen) atoms. The number of hydrogen-bond donors (Lipinski definition) is 0. The lowest BCUT2D eigenvalue weighted by atomic mass is 10.2. The maximum absolute atomic E-state index is 5.54. The Balaban J connectivity index is 2.01. The number of benzene rings is 1. The van der Waals surface area contributed by atoms with Gasteiger partial charge in [0.2, 0.25) is 0 Å². The van der Waals surface area contributed by atoms with E-state index in [0.29, 0.717) is 12.7 Å². The summed E-state index contributed by atoms with van der Waals surface area (Å²) < 4.78 is 11.6. The molecule has 70 valence electrons. The minimum absolute atomic E-state index is 0.313. The van der Waals surface area contributed by atoms with Gasteiger partial charge in [0.05, 0.1) is 11.1 Å². The van der Waals surface area contributed by atoms with Crippen LogP contribution in [0, 0.1) is 6.92 Å². The molecule has 0 radical (unpaired) electrons. The second kappa shape index (κ2) is 3.68. The van der Waals surface area contributed by atoms with E-state index in [-0.39, 0.29) is 0 Å². The molecule has 0 unspecified atom stereocenters. The number of hydrogen-bond acceptors (Lipinski definition) is 2. The largest absolute Gasteiger partial charge is 0.490 e. The first-order valence-corrected chi connectivity index (χ1v) is 5.05. The lowest BCUT2D eigenvalue weighted by Gasteiger charge is -2.06. The molecule has 0 aliphatic carbocycles. The van der Waals surface area contributed by atoms with Gasteiger partial charge >= 0.3 is 0 Å². The van der Waals surface area contributed by atoms with Gasteiger partial charge in [0.25, 0.3) is 0 Å². The van der Waals surface area contributed by atoms with E-state index in [9.17, 15) is 0 Å². The van der Waals surface area contributed by atoms with Crippen molar-refractivity contribution in [3.8, 4) is 5.75 Å². The molecule has 0 N–H and O–H groups in total. The fraction of sp³-hybridized carbons (Fsp3) is 0.400. The average molecular weight is 243 g/mol. The SMILES string of the molecule is Cc1ccc(OC[C@@H]2CO2)c(Br)c1. The number of epoxide rings is 1.